The molecule has 15 heavy (non-hydrogen) atoms. The molecule has 6 heteroatoms. The van der Waals surface area contributed by atoms with Crippen LogP contribution in [0.15, 0.2) is 22.7 Å². The zero-order valence-corrected chi connectivity index (χ0v) is 10.2. The van der Waals surface area contributed by atoms with E-state index in [1.165, 1.54) is 6.07 Å². The molecule has 1 aromatic carbocycles. The SMILES string of the molecule is Cc1ccc([C@@H](N)C(F)(F)F)c(Br)c1.Cl. The van der Waals surface area contributed by atoms with E-state index in [0.717, 1.165) is 5.56 Å². The van der Waals surface area contributed by atoms with Crippen molar-refractivity contribution in [3.8, 4) is 0 Å². The van der Waals surface area contributed by atoms with Gasteiger partial charge in [-0.05, 0) is 24.1 Å². The molecule has 1 rings (SSSR count). The quantitative estimate of drug-likeness (QED) is 0.840. The molecular formula is C9H10BrClF3N. The van der Waals surface area contributed by atoms with Crippen molar-refractivity contribution in [2.75, 3.05) is 0 Å². The Morgan fingerprint density at radius 3 is 2.27 bits per heavy atom. The van der Waals surface area contributed by atoms with Crippen molar-refractivity contribution >= 4 is 28.3 Å². The summed E-state index contributed by atoms with van der Waals surface area (Å²) in [5, 5.41) is 0. The lowest BCUT2D eigenvalue weighted by atomic mass is 10.1. The lowest BCUT2D eigenvalue weighted by Gasteiger charge is -2.17. The molecule has 2 N–H and O–H groups in total. The standard InChI is InChI=1S/C9H9BrF3N.ClH/c1-5-2-3-6(7(10)4-5)8(14)9(11,12)13;/h2-4,8H,14H2,1H3;1H/t8-;/m1./s1. The summed E-state index contributed by atoms with van der Waals surface area (Å²) in [6, 6.07) is 2.67. The highest BCUT2D eigenvalue weighted by Crippen LogP contribution is 2.34. The van der Waals surface area contributed by atoms with Gasteiger partial charge >= 0.3 is 6.18 Å². The summed E-state index contributed by atoms with van der Waals surface area (Å²) in [6.45, 7) is 1.80. The van der Waals surface area contributed by atoms with Crippen molar-refractivity contribution in [2.45, 2.75) is 19.1 Å². The minimum atomic E-state index is -4.40. The van der Waals surface area contributed by atoms with Crippen LogP contribution in [-0.4, -0.2) is 6.18 Å². The molecule has 0 saturated heterocycles. The first-order valence-electron chi connectivity index (χ1n) is 3.90. The monoisotopic (exact) mass is 303 g/mol. The van der Waals surface area contributed by atoms with E-state index in [1.807, 2.05) is 0 Å². The first-order valence-corrected chi connectivity index (χ1v) is 4.70. The van der Waals surface area contributed by atoms with Gasteiger partial charge in [0.05, 0.1) is 0 Å². The highest BCUT2D eigenvalue weighted by molar-refractivity contribution is 9.10. The van der Waals surface area contributed by atoms with Crippen molar-refractivity contribution < 1.29 is 13.2 Å². The molecule has 0 saturated carbocycles. The molecule has 1 aromatic rings. The zero-order chi connectivity index (χ0) is 10.9. The fraction of sp³-hybridized carbons (Fsp3) is 0.333. The summed E-state index contributed by atoms with van der Waals surface area (Å²) in [4.78, 5) is 0. The second-order valence-electron chi connectivity index (χ2n) is 3.04. The maximum absolute atomic E-state index is 12.3. The second kappa shape index (κ2) is 5.18. The van der Waals surface area contributed by atoms with E-state index in [1.54, 1.807) is 19.1 Å². The van der Waals surface area contributed by atoms with Crippen LogP contribution < -0.4 is 5.73 Å². The maximum atomic E-state index is 12.3. The molecule has 0 aliphatic heterocycles. The average Bonchev–Trinajstić information content (AvgIpc) is 2.01. The van der Waals surface area contributed by atoms with Crippen LogP contribution in [0.2, 0.25) is 0 Å². The molecule has 0 spiro atoms. The summed E-state index contributed by atoms with van der Waals surface area (Å²) in [5.74, 6) is 0. The Kier molecular flexibility index (Phi) is 5.09. The third kappa shape index (κ3) is 3.66. The van der Waals surface area contributed by atoms with E-state index in [4.69, 9.17) is 5.73 Å². The highest BCUT2D eigenvalue weighted by Gasteiger charge is 2.38. The van der Waals surface area contributed by atoms with Gasteiger partial charge < -0.3 is 5.73 Å². The van der Waals surface area contributed by atoms with Gasteiger partial charge in [0.1, 0.15) is 6.04 Å². The van der Waals surface area contributed by atoms with Crippen molar-refractivity contribution in [1.82, 2.24) is 0 Å². The topological polar surface area (TPSA) is 26.0 Å². The van der Waals surface area contributed by atoms with Crippen LogP contribution in [0.25, 0.3) is 0 Å². The molecule has 1 nitrogen and oxygen atoms in total. The number of nitrogens with two attached hydrogens (primary N) is 1. The van der Waals surface area contributed by atoms with Gasteiger partial charge in [0.25, 0.3) is 0 Å². The lowest BCUT2D eigenvalue weighted by Crippen LogP contribution is -2.28. The molecule has 0 heterocycles. The number of benzene rings is 1. The Morgan fingerprint density at radius 2 is 1.87 bits per heavy atom. The van der Waals surface area contributed by atoms with Gasteiger partial charge in [-0.2, -0.15) is 13.2 Å². The highest BCUT2D eigenvalue weighted by atomic mass is 79.9. The smallest absolute Gasteiger partial charge is 0.316 e. The van der Waals surface area contributed by atoms with E-state index in [9.17, 15) is 13.2 Å². The van der Waals surface area contributed by atoms with E-state index < -0.39 is 12.2 Å². The third-order valence-corrected chi connectivity index (χ3v) is 2.53. The van der Waals surface area contributed by atoms with Gasteiger partial charge in [0.2, 0.25) is 0 Å². The molecule has 0 aromatic heterocycles. The van der Waals surface area contributed by atoms with Gasteiger partial charge in [-0.15, -0.1) is 12.4 Å². The van der Waals surface area contributed by atoms with Crippen molar-refractivity contribution in [3.05, 3.63) is 33.8 Å². The largest absolute Gasteiger partial charge is 0.407 e. The number of aryl methyl sites for hydroxylation is 1. The van der Waals surface area contributed by atoms with E-state index in [2.05, 4.69) is 15.9 Å². The van der Waals surface area contributed by atoms with Crippen LogP contribution in [0.4, 0.5) is 13.2 Å². The molecule has 0 amide bonds. The maximum Gasteiger partial charge on any atom is 0.407 e. The van der Waals surface area contributed by atoms with Gasteiger partial charge in [-0.3, -0.25) is 0 Å². The average molecular weight is 305 g/mol. The Balaban J connectivity index is 0.00000196. The molecule has 0 radical (unpaired) electrons. The predicted molar refractivity (Wildman–Crippen MR) is 59.1 cm³/mol. The van der Waals surface area contributed by atoms with Gasteiger partial charge in [-0.25, -0.2) is 0 Å². The third-order valence-electron chi connectivity index (χ3n) is 1.84. The molecular weight excluding hydrogens is 294 g/mol. The molecule has 0 unspecified atom stereocenters. The van der Waals surface area contributed by atoms with Crippen molar-refractivity contribution in [3.63, 3.8) is 0 Å². The predicted octanol–water partition coefficient (Wildman–Crippen LogP) is 3.74. The normalized spacial score (nSPS) is 13.2. The molecule has 0 aliphatic carbocycles. The van der Waals surface area contributed by atoms with Crippen LogP contribution in [-0.2, 0) is 0 Å². The van der Waals surface area contributed by atoms with Crippen LogP contribution in [0.1, 0.15) is 17.2 Å². The Bertz CT molecular complexity index is 341. The Hall–Kier alpha value is -0.260. The fourth-order valence-corrected chi connectivity index (χ4v) is 1.80. The van der Waals surface area contributed by atoms with Crippen molar-refractivity contribution in [2.24, 2.45) is 5.73 Å². The fourth-order valence-electron chi connectivity index (χ4n) is 1.06. The second-order valence-corrected chi connectivity index (χ2v) is 3.90. The Labute approximate surface area is 100 Å². The summed E-state index contributed by atoms with van der Waals surface area (Å²) in [6.07, 6.45) is -4.40. The van der Waals surface area contributed by atoms with Gasteiger partial charge in [0, 0.05) is 4.47 Å². The molecule has 0 bridgehead atoms. The van der Waals surface area contributed by atoms with E-state index in [0.29, 0.717) is 4.47 Å². The Morgan fingerprint density at radius 1 is 1.33 bits per heavy atom. The minimum absolute atomic E-state index is 0. The summed E-state index contributed by atoms with van der Waals surface area (Å²) in [5.41, 5.74) is 6.01. The molecule has 0 aliphatic rings. The number of alkyl halides is 3. The van der Waals surface area contributed by atoms with Crippen LogP contribution in [0.3, 0.4) is 0 Å². The first-order chi connectivity index (χ1) is 6.32. The minimum Gasteiger partial charge on any atom is -0.316 e. The summed E-state index contributed by atoms with van der Waals surface area (Å²) < 4.78 is 37.2. The first kappa shape index (κ1) is 14.7. The van der Waals surface area contributed by atoms with Gasteiger partial charge in [-0.1, -0.05) is 28.1 Å². The number of rotatable bonds is 1. The zero-order valence-electron chi connectivity index (χ0n) is 7.81. The van der Waals surface area contributed by atoms with Crippen LogP contribution in [0, 0.1) is 6.92 Å². The number of hydrogen-bond donors (Lipinski definition) is 1. The van der Waals surface area contributed by atoms with Gasteiger partial charge in [0.15, 0.2) is 0 Å². The number of hydrogen-bond acceptors (Lipinski definition) is 1. The molecule has 1 atom stereocenters. The molecule has 86 valence electrons. The molecule has 0 fully saturated rings. The lowest BCUT2D eigenvalue weighted by molar-refractivity contribution is -0.149. The van der Waals surface area contributed by atoms with Crippen LogP contribution in [0.5, 0.6) is 0 Å². The van der Waals surface area contributed by atoms with E-state index in [-0.39, 0.29) is 18.0 Å². The van der Waals surface area contributed by atoms with E-state index >= 15 is 0 Å². The summed E-state index contributed by atoms with van der Waals surface area (Å²) >= 11 is 3.06. The number of halogens is 5. The van der Waals surface area contributed by atoms with Crippen LogP contribution >= 0.6 is 28.3 Å². The van der Waals surface area contributed by atoms with Crippen molar-refractivity contribution in [1.29, 1.82) is 0 Å². The summed E-state index contributed by atoms with van der Waals surface area (Å²) in [7, 11) is 0.